The quantitative estimate of drug-likeness (QED) is 0.853. The van der Waals surface area contributed by atoms with Gasteiger partial charge in [-0.15, -0.1) is 10.2 Å². The standard InChI is InChI=1S/C19H22N4O2/c20-14-19(16-4-2-1-3-5-16)7-9-23(10-8-19)12-17-21-22-18(25-17)15-6-11-24-13-15/h1-5,15H,6-13H2. The first kappa shape index (κ1) is 16.2. The molecule has 1 atom stereocenters. The molecule has 0 aliphatic carbocycles. The Morgan fingerprint density at radius 3 is 2.68 bits per heavy atom. The second-order valence-corrected chi connectivity index (χ2v) is 6.93. The summed E-state index contributed by atoms with van der Waals surface area (Å²) in [6.07, 6.45) is 2.60. The molecule has 0 saturated carbocycles. The maximum Gasteiger partial charge on any atom is 0.230 e. The van der Waals surface area contributed by atoms with E-state index in [1.165, 1.54) is 0 Å². The number of hydrogen-bond acceptors (Lipinski definition) is 6. The van der Waals surface area contributed by atoms with Crippen molar-refractivity contribution in [3.63, 3.8) is 0 Å². The fourth-order valence-electron chi connectivity index (χ4n) is 3.73. The number of hydrogen-bond donors (Lipinski definition) is 0. The van der Waals surface area contributed by atoms with E-state index >= 15 is 0 Å². The molecule has 25 heavy (non-hydrogen) atoms. The molecule has 2 aliphatic rings. The Hall–Kier alpha value is -2.23. The van der Waals surface area contributed by atoms with Gasteiger partial charge in [-0.2, -0.15) is 5.26 Å². The fraction of sp³-hybridized carbons (Fsp3) is 0.526. The lowest BCUT2D eigenvalue weighted by molar-refractivity contribution is 0.163. The number of aromatic nitrogens is 2. The van der Waals surface area contributed by atoms with Crippen LogP contribution < -0.4 is 0 Å². The lowest BCUT2D eigenvalue weighted by Gasteiger charge is -2.37. The first-order chi connectivity index (χ1) is 12.3. The van der Waals surface area contributed by atoms with Crippen molar-refractivity contribution in [3.05, 3.63) is 47.7 Å². The van der Waals surface area contributed by atoms with Crippen LogP contribution in [-0.2, 0) is 16.7 Å². The van der Waals surface area contributed by atoms with Gasteiger partial charge in [0.1, 0.15) is 0 Å². The molecule has 1 unspecified atom stereocenters. The van der Waals surface area contributed by atoms with Gasteiger partial charge in [0.25, 0.3) is 0 Å². The van der Waals surface area contributed by atoms with E-state index in [0.717, 1.165) is 44.5 Å². The average Bonchev–Trinajstić information content (AvgIpc) is 3.35. The number of nitrogens with zero attached hydrogens (tertiary/aromatic N) is 4. The van der Waals surface area contributed by atoms with Crippen molar-refractivity contribution in [2.24, 2.45) is 0 Å². The topological polar surface area (TPSA) is 75.2 Å². The Bertz CT molecular complexity index is 738. The van der Waals surface area contributed by atoms with Crippen LogP contribution in [0.15, 0.2) is 34.7 Å². The largest absolute Gasteiger partial charge is 0.423 e. The van der Waals surface area contributed by atoms with Crippen molar-refractivity contribution < 1.29 is 9.15 Å². The van der Waals surface area contributed by atoms with Crippen LogP contribution in [0.3, 0.4) is 0 Å². The lowest BCUT2D eigenvalue weighted by Crippen LogP contribution is -2.41. The molecule has 1 aromatic heterocycles. The maximum atomic E-state index is 9.77. The van der Waals surface area contributed by atoms with Gasteiger partial charge in [-0.3, -0.25) is 4.90 Å². The second-order valence-electron chi connectivity index (χ2n) is 6.93. The summed E-state index contributed by atoms with van der Waals surface area (Å²) in [6, 6.07) is 12.7. The molecule has 0 N–H and O–H groups in total. The molecular weight excluding hydrogens is 316 g/mol. The zero-order valence-corrected chi connectivity index (χ0v) is 14.2. The smallest absolute Gasteiger partial charge is 0.230 e. The Morgan fingerprint density at radius 1 is 1.20 bits per heavy atom. The van der Waals surface area contributed by atoms with Gasteiger partial charge in [-0.05, 0) is 24.8 Å². The summed E-state index contributed by atoms with van der Waals surface area (Å²) < 4.78 is 11.2. The van der Waals surface area contributed by atoms with Crippen molar-refractivity contribution >= 4 is 0 Å². The number of likely N-dealkylation sites (tertiary alicyclic amines) is 1. The molecule has 2 aromatic rings. The molecule has 130 valence electrons. The molecule has 0 amide bonds. The summed E-state index contributed by atoms with van der Waals surface area (Å²) in [4.78, 5) is 2.29. The van der Waals surface area contributed by atoms with E-state index in [4.69, 9.17) is 9.15 Å². The summed E-state index contributed by atoms with van der Waals surface area (Å²) in [5, 5.41) is 18.1. The van der Waals surface area contributed by atoms with Crippen molar-refractivity contribution in [3.8, 4) is 6.07 Å². The summed E-state index contributed by atoms with van der Waals surface area (Å²) in [7, 11) is 0. The third kappa shape index (κ3) is 3.30. The minimum Gasteiger partial charge on any atom is -0.423 e. The number of nitriles is 1. The van der Waals surface area contributed by atoms with E-state index in [0.29, 0.717) is 24.9 Å². The van der Waals surface area contributed by atoms with Gasteiger partial charge >= 0.3 is 0 Å². The van der Waals surface area contributed by atoms with Crippen molar-refractivity contribution in [1.82, 2.24) is 15.1 Å². The molecular formula is C19H22N4O2. The molecule has 0 radical (unpaired) electrons. The summed E-state index contributed by atoms with van der Waals surface area (Å²) in [6.45, 7) is 3.80. The molecule has 0 spiro atoms. The molecule has 2 fully saturated rings. The highest BCUT2D eigenvalue weighted by molar-refractivity contribution is 5.33. The number of benzene rings is 1. The van der Waals surface area contributed by atoms with E-state index in [2.05, 4.69) is 33.3 Å². The Labute approximate surface area is 147 Å². The minimum absolute atomic E-state index is 0.243. The van der Waals surface area contributed by atoms with Gasteiger partial charge in [-0.1, -0.05) is 30.3 Å². The predicted molar refractivity (Wildman–Crippen MR) is 90.7 cm³/mol. The van der Waals surface area contributed by atoms with E-state index in [9.17, 15) is 5.26 Å². The van der Waals surface area contributed by atoms with Gasteiger partial charge in [-0.25, -0.2) is 0 Å². The monoisotopic (exact) mass is 338 g/mol. The highest BCUT2D eigenvalue weighted by Gasteiger charge is 2.36. The van der Waals surface area contributed by atoms with Crippen LogP contribution in [0.4, 0.5) is 0 Å². The molecule has 0 bridgehead atoms. The first-order valence-electron chi connectivity index (χ1n) is 8.88. The van der Waals surface area contributed by atoms with Crippen LogP contribution in [0.2, 0.25) is 0 Å². The highest BCUT2D eigenvalue weighted by atomic mass is 16.5. The van der Waals surface area contributed by atoms with Crippen molar-refractivity contribution in [2.45, 2.75) is 37.1 Å². The Balaban J connectivity index is 1.38. The van der Waals surface area contributed by atoms with Crippen LogP contribution >= 0.6 is 0 Å². The molecule has 6 nitrogen and oxygen atoms in total. The molecule has 2 aliphatic heterocycles. The predicted octanol–water partition coefficient (Wildman–Crippen LogP) is 2.63. The molecule has 1 aromatic carbocycles. The van der Waals surface area contributed by atoms with Crippen LogP contribution in [-0.4, -0.2) is 41.4 Å². The SMILES string of the molecule is N#CC1(c2ccccc2)CCN(Cc2nnc(C3CCOC3)o2)CC1. The Kier molecular flexibility index (Phi) is 4.51. The zero-order valence-electron chi connectivity index (χ0n) is 14.2. The van der Waals surface area contributed by atoms with Gasteiger partial charge < -0.3 is 9.15 Å². The number of piperidine rings is 1. The summed E-state index contributed by atoms with van der Waals surface area (Å²) in [5.41, 5.74) is 0.748. The van der Waals surface area contributed by atoms with Gasteiger partial charge in [0.05, 0.1) is 30.6 Å². The van der Waals surface area contributed by atoms with Gasteiger partial charge in [0.15, 0.2) is 0 Å². The third-order valence-corrected chi connectivity index (χ3v) is 5.37. The maximum absolute atomic E-state index is 9.77. The van der Waals surface area contributed by atoms with E-state index < -0.39 is 0 Å². The second kappa shape index (κ2) is 6.95. The Morgan fingerprint density at radius 2 is 2.00 bits per heavy atom. The van der Waals surface area contributed by atoms with Crippen LogP contribution in [0.25, 0.3) is 0 Å². The lowest BCUT2D eigenvalue weighted by atomic mass is 9.74. The van der Waals surface area contributed by atoms with Crippen LogP contribution in [0.5, 0.6) is 0 Å². The molecule has 4 rings (SSSR count). The van der Waals surface area contributed by atoms with E-state index in [1.807, 2.05) is 18.2 Å². The van der Waals surface area contributed by atoms with Gasteiger partial charge in [0.2, 0.25) is 11.8 Å². The average molecular weight is 338 g/mol. The molecule has 2 saturated heterocycles. The highest BCUT2D eigenvalue weighted by Crippen LogP contribution is 2.35. The zero-order chi connectivity index (χ0) is 17.1. The normalized spacial score (nSPS) is 23.4. The third-order valence-electron chi connectivity index (χ3n) is 5.37. The van der Waals surface area contributed by atoms with Crippen LogP contribution in [0, 0.1) is 11.3 Å². The van der Waals surface area contributed by atoms with Crippen molar-refractivity contribution in [1.29, 1.82) is 5.26 Å². The van der Waals surface area contributed by atoms with Gasteiger partial charge in [0, 0.05) is 19.7 Å². The van der Waals surface area contributed by atoms with E-state index in [1.54, 1.807) is 0 Å². The van der Waals surface area contributed by atoms with Crippen molar-refractivity contribution in [2.75, 3.05) is 26.3 Å². The molecule has 6 heteroatoms. The minimum atomic E-state index is -0.376. The van der Waals surface area contributed by atoms with Crippen LogP contribution in [0.1, 0.15) is 42.5 Å². The summed E-state index contributed by atoms with van der Waals surface area (Å²) in [5.74, 6) is 1.60. The first-order valence-corrected chi connectivity index (χ1v) is 8.88. The molecule has 3 heterocycles. The fourth-order valence-corrected chi connectivity index (χ4v) is 3.73. The summed E-state index contributed by atoms with van der Waals surface area (Å²) >= 11 is 0. The number of rotatable bonds is 4. The van der Waals surface area contributed by atoms with E-state index in [-0.39, 0.29) is 11.3 Å². The number of ether oxygens (including phenoxy) is 1.